The van der Waals surface area contributed by atoms with Crippen LogP contribution in [0.1, 0.15) is 47.9 Å². The second kappa shape index (κ2) is 9.62. The zero-order valence-corrected chi connectivity index (χ0v) is 17.8. The number of Topliss-reactive ketones (excluding diaryl/α,β-unsaturated/α-hetero) is 1. The van der Waals surface area contributed by atoms with Gasteiger partial charge < -0.3 is 9.30 Å². The molecule has 5 nitrogen and oxygen atoms in total. The van der Waals surface area contributed by atoms with Gasteiger partial charge in [0.15, 0.2) is 16.8 Å². The monoisotopic (exact) mass is 445 g/mol. The van der Waals surface area contributed by atoms with Gasteiger partial charge >= 0.3 is 0 Å². The highest BCUT2D eigenvalue weighted by atomic mass is 35.5. The molecule has 1 aliphatic rings. The van der Waals surface area contributed by atoms with Crippen LogP contribution in [0.25, 0.3) is 0 Å². The number of carbonyl (C=O) groups is 1. The Morgan fingerprint density at radius 1 is 1.17 bits per heavy atom. The number of hydrogen-bond donors (Lipinski definition) is 0. The van der Waals surface area contributed by atoms with Crippen LogP contribution in [0.3, 0.4) is 0 Å². The molecule has 8 heteroatoms. The number of benzene rings is 2. The van der Waals surface area contributed by atoms with Crippen molar-refractivity contribution in [2.45, 2.75) is 43.5 Å². The molecular formula is C22H21ClFN3O2S. The maximum Gasteiger partial charge on any atom is 0.191 e. The first kappa shape index (κ1) is 20.9. The van der Waals surface area contributed by atoms with E-state index in [1.807, 2.05) is 18.2 Å². The highest BCUT2D eigenvalue weighted by Crippen LogP contribution is 2.39. The Bertz CT molecular complexity index is 1020. The lowest BCUT2D eigenvalue weighted by Gasteiger charge is -2.10. The first-order chi connectivity index (χ1) is 14.6. The second-order valence-corrected chi connectivity index (χ2v) is 8.57. The van der Waals surface area contributed by atoms with Gasteiger partial charge in [-0.3, -0.25) is 4.79 Å². The molecule has 0 amide bonds. The molecule has 0 saturated heterocycles. The molecule has 1 aliphatic carbocycles. The van der Waals surface area contributed by atoms with Gasteiger partial charge in [-0.05, 0) is 55.7 Å². The van der Waals surface area contributed by atoms with E-state index in [-0.39, 0.29) is 11.6 Å². The lowest BCUT2D eigenvalue weighted by Crippen LogP contribution is -2.07. The van der Waals surface area contributed by atoms with Crippen LogP contribution in [0.15, 0.2) is 53.7 Å². The lowest BCUT2D eigenvalue weighted by atomic mass is 10.1. The van der Waals surface area contributed by atoms with Crippen molar-refractivity contribution in [3.63, 3.8) is 0 Å². The molecule has 0 bridgehead atoms. The largest absolute Gasteiger partial charge is 0.484 e. The normalized spacial score (nSPS) is 13.4. The van der Waals surface area contributed by atoms with Crippen LogP contribution in [0.4, 0.5) is 4.39 Å². The summed E-state index contributed by atoms with van der Waals surface area (Å²) >= 11 is 7.75. The Morgan fingerprint density at radius 2 is 1.93 bits per heavy atom. The number of ether oxygens (including phenoxy) is 1. The summed E-state index contributed by atoms with van der Waals surface area (Å²) in [4.78, 5) is 12.2. The fourth-order valence-electron chi connectivity index (χ4n) is 3.08. The van der Waals surface area contributed by atoms with Crippen molar-refractivity contribution in [1.29, 1.82) is 0 Å². The van der Waals surface area contributed by atoms with Crippen molar-refractivity contribution in [3.05, 3.63) is 70.8 Å². The molecule has 0 aliphatic heterocycles. The fourth-order valence-corrected chi connectivity index (χ4v) is 4.24. The van der Waals surface area contributed by atoms with E-state index >= 15 is 0 Å². The van der Waals surface area contributed by atoms with E-state index in [0.717, 1.165) is 29.6 Å². The molecule has 0 unspecified atom stereocenters. The summed E-state index contributed by atoms with van der Waals surface area (Å²) in [6.07, 6.45) is 3.34. The Balaban J connectivity index is 1.31. The van der Waals surface area contributed by atoms with E-state index in [4.69, 9.17) is 16.3 Å². The summed E-state index contributed by atoms with van der Waals surface area (Å²) in [5.41, 5.74) is 0.543. The van der Waals surface area contributed by atoms with Gasteiger partial charge in [0.05, 0.1) is 5.02 Å². The van der Waals surface area contributed by atoms with E-state index in [1.54, 1.807) is 17.8 Å². The van der Waals surface area contributed by atoms with Crippen molar-refractivity contribution >= 4 is 29.1 Å². The number of nitrogens with zero attached hydrogens (tertiary/aromatic N) is 3. The van der Waals surface area contributed by atoms with E-state index in [0.29, 0.717) is 41.8 Å². The van der Waals surface area contributed by atoms with Crippen molar-refractivity contribution in [2.24, 2.45) is 0 Å². The predicted octanol–water partition coefficient (Wildman–Crippen LogP) is 5.74. The maximum absolute atomic E-state index is 13.0. The van der Waals surface area contributed by atoms with Crippen LogP contribution in [-0.2, 0) is 6.61 Å². The fraction of sp³-hybridized carbons (Fsp3) is 0.318. The highest BCUT2D eigenvalue weighted by molar-refractivity contribution is 7.99. The third kappa shape index (κ3) is 5.21. The number of carbonyl (C=O) groups excluding carboxylic acids is 1. The van der Waals surface area contributed by atoms with Gasteiger partial charge in [-0.15, -0.1) is 10.2 Å². The van der Waals surface area contributed by atoms with Crippen LogP contribution in [-0.4, -0.2) is 26.3 Å². The zero-order valence-electron chi connectivity index (χ0n) is 16.3. The molecule has 2 aromatic carbocycles. The van der Waals surface area contributed by atoms with Crippen molar-refractivity contribution in [3.8, 4) is 5.75 Å². The third-order valence-electron chi connectivity index (χ3n) is 4.79. The van der Waals surface area contributed by atoms with Gasteiger partial charge in [0.25, 0.3) is 0 Å². The first-order valence-electron chi connectivity index (χ1n) is 9.84. The topological polar surface area (TPSA) is 57.0 Å². The summed E-state index contributed by atoms with van der Waals surface area (Å²) < 4.78 is 21.0. The number of hydrogen-bond acceptors (Lipinski definition) is 5. The highest BCUT2D eigenvalue weighted by Gasteiger charge is 2.29. The van der Waals surface area contributed by atoms with Gasteiger partial charge in [-0.2, -0.15) is 0 Å². The van der Waals surface area contributed by atoms with E-state index < -0.39 is 0 Å². The predicted molar refractivity (Wildman–Crippen MR) is 115 cm³/mol. The van der Waals surface area contributed by atoms with Crippen LogP contribution < -0.4 is 4.74 Å². The van der Waals surface area contributed by atoms with E-state index in [9.17, 15) is 9.18 Å². The Hall–Kier alpha value is -2.38. The smallest absolute Gasteiger partial charge is 0.191 e. The minimum absolute atomic E-state index is 0.0214. The van der Waals surface area contributed by atoms with Crippen LogP contribution in [0.5, 0.6) is 5.75 Å². The average Bonchev–Trinajstić information content (AvgIpc) is 3.51. The Labute approximate surface area is 183 Å². The Morgan fingerprint density at radius 3 is 2.67 bits per heavy atom. The molecule has 1 heterocycles. The summed E-state index contributed by atoms with van der Waals surface area (Å²) in [5, 5.41) is 10.1. The molecule has 1 saturated carbocycles. The van der Waals surface area contributed by atoms with E-state index in [1.165, 1.54) is 24.3 Å². The summed E-state index contributed by atoms with van der Waals surface area (Å²) in [5.74, 6) is 1.84. The van der Waals surface area contributed by atoms with Crippen LogP contribution in [0.2, 0.25) is 5.02 Å². The summed E-state index contributed by atoms with van der Waals surface area (Å²) in [7, 11) is 0. The molecule has 30 heavy (non-hydrogen) atoms. The molecule has 156 valence electrons. The molecule has 1 aromatic heterocycles. The Kier molecular flexibility index (Phi) is 6.69. The molecule has 0 N–H and O–H groups in total. The standard InChI is InChI=1S/C22H21ClFN3O2S/c23-18-4-1-2-6-20(18)29-14-21-25-26-22(27(21)17-11-12-17)30-13-3-5-19(28)15-7-9-16(24)10-8-15/h1-2,4,6-10,17H,3,5,11-14H2. The number of halogens is 2. The molecule has 4 rings (SSSR count). The summed E-state index contributed by atoms with van der Waals surface area (Å²) in [6, 6.07) is 13.4. The zero-order chi connectivity index (χ0) is 20.9. The molecule has 0 radical (unpaired) electrons. The quantitative estimate of drug-likeness (QED) is 0.226. The van der Waals surface area contributed by atoms with Crippen LogP contribution >= 0.6 is 23.4 Å². The van der Waals surface area contributed by atoms with Gasteiger partial charge in [0.2, 0.25) is 0 Å². The van der Waals surface area contributed by atoms with Crippen molar-refractivity contribution in [1.82, 2.24) is 14.8 Å². The van der Waals surface area contributed by atoms with Crippen LogP contribution in [0, 0.1) is 5.82 Å². The van der Waals surface area contributed by atoms with Crippen molar-refractivity contribution in [2.75, 3.05) is 5.75 Å². The number of ketones is 1. The van der Waals surface area contributed by atoms with Crippen molar-refractivity contribution < 1.29 is 13.9 Å². The first-order valence-corrected chi connectivity index (χ1v) is 11.2. The van der Waals surface area contributed by atoms with Gasteiger partial charge in [0.1, 0.15) is 18.2 Å². The minimum Gasteiger partial charge on any atom is -0.484 e. The molecule has 3 aromatic rings. The van der Waals surface area contributed by atoms with Gasteiger partial charge in [-0.1, -0.05) is 35.5 Å². The average molecular weight is 446 g/mol. The molecule has 0 spiro atoms. The van der Waals surface area contributed by atoms with Gasteiger partial charge in [-0.25, -0.2) is 4.39 Å². The molecular weight excluding hydrogens is 425 g/mol. The second-order valence-electron chi connectivity index (χ2n) is 7.10. The SMILES string of the molecule is O=C(CCCSc1nnc(COc2ccccc2Cl)n1C1CC1)c1ccc(F)cc1. The van der Waals surface area contributed by atoms with E-state index in [2.05, 4.69) is 14.8 Å². The molecule has 0 atom stereocenters. The number of para-hydroxylation sites is 1. The third-order valence-corrected chi connectivity index (χ3v) is 6.13. The lowest BCUT2D eigenvalue weighted by molar-refractivity contribution is 0.0982. The number of aromatic nitrogens is 3. The minimum atomic E-state index is -0.337. The number of thioether (sulfide) groups is 1. The maximum atomic E-state index is 13.0. The molecule has 1 fully saturated rings. The van der Waals surface area contributed by atoms with Gasteiger partial charge in [0, 0.05) is 23.8 Å². The summed E-state index contributed by atoms with van der Waals surface area (Å²) in [6.45, 7) is 0.302. The number of rotatable bonds is 10.